The Bertz CT molecular complexity index is 671. The molecule has 0 aliphatic carbocycles. The molecule has 4 nitrogen and oxygen atoms in total. The molecule has 24 heavy (non-hydrogen) atoms. The lowest BCUT2D eigenvalue weighted by atomic mass is 10.0. The molecule has 1 N–H and O–H groups in total. The van der Waals surface area contributed by atoms with Gasteiger partial charge in [0.25, 0.3) is 5.91 Å². The normalized spacial score (nSPS) is 18.1. The first kappa shape index (κ1) is 17.1. The molecule has 1 aliphatic heterocycles. The number of thiophene rings is 1. The molecule has 1 saturated heterocycles. The van der Waals surface area contributed by atoms with Crippen molar-refractivity contribution in [2.24, 2.45) is 0 Å². The molecule has 2 heterocycles. The number of ether oxygens (including phenoxy) is 1. The minimum absolute atomic E-state index is 0.0598. The van der Waals surface area contributed by atoms with Gasteiger partial charge < -0.3 is 10.1 Å². The minimum Gasteiger partial charge on any atom is -0.379 e. The zero-order valence-corrected chi connectivity index (χ0v) is 14.4. The van der Waals surface area contributed by atoms with Crippen molar-refractivity contribution < 1.29 is 13.9 Å². The van der Waals surface area contributed by atoms with Crippen LogP contribution in [0.3, 0.4) is 0 Å². The topological polar surface area (TPSA) is 41.6 Å². The molecule has 1 aromatic carbocycles. The fourth-order valence-electron chi connectivity index (χ4n) is 3.07. The summed E-state index contributed by atoms with van der Waals surface area (Å²) in [5, 5.41) is 5.00. The molecule has 2 aromatic rings. The summed E-state index contributed by atoms with van der Waals surface area (Å²) in [7, 11) is 0. The van der Waals surface area contributed by atoms with Gasteiger partial charge in [-0.15, -0.1) is 11.3 Å². The third-order valence-electron chi connectivity index (χ3n) is 4.22. The van der Waals surface area contributed by atoms with Gasteiger partial charge >= 0.3 is 0 Å². The molecule has 1 amide bonds. The van der Waals surface area contributed by atoms with E-state index in [2.05, 4.69) is 16.3 Å². The van der Waals surface area contributed by atoms with Gasteiger partial charge in [0.1, 0.15) is 5.82 Å². The number of benzene rings is 1. The Labute approximate surface area is 145 Å². The third-order valence-corrected chi connectivity index (χ3v) is 5.17. The van der Waals surface area contributed by atoms with Gasteiger partial charge in [0, 0.05) is 24.0 Å². The second-order valence-electron chi connectivity index (χ2n) is 5.85. The molecular formula is C18H21FN2O2S. The Hall–Kier alpha value is -1.76. The molecule has 0 saturated carbocycles. The SMILES string of the molecule is C[C@H](NC(=O)c1ccccc1F)[C@H](c1cccs1)N1CCOCC1. The summed E-state index contributed by atoms with van der Waals surface area (Å²) in [6, 6.07) is 10.1. The van der Waals surface area contributed by atoms with Crippen LogP contribution in [0.4, 0.5) is 4.39 Å². The standard InChI is InChI=1S/C18H21FN2O2S/c1-13(20-18(22)14-5-2-3-6-15(14)19)17(16-7-4-12-24-16)21-8-10-23-11-9-21/h2-7,12-13,17H,8-11H2,1H3,(H,20,22)/t13-,17+/m0/s1. The Morgan fingerprint density at radius 3 is 2.67 bits per heavy atom. The lowest BCUT2D eigenvalue weighted by molar-refractivity contribution is 0.00968. The number of carbonyl (C=O) groups excluding carboxylic acids is 1. The number of nitrogens with one attached hydrogen (secondary N) is 1. The molecule has 0 radical (unpaired) electrons. The van der Waals surface area contributed by atoms with Gasteiger partial charge in [0.05, 0.1) is 24.8 Å². The Balaban J connectivity index is 1.77. The zero-order chi connectivity index (χ0) is 16.9. The predicted molar refractivity (Wildman–Crippen MR) is 92.8 cm³/mol. The molecule has 128 valence electrons. The van der Waals surface area contributed by atoms with E-state index >= 15 is 0 Å². The summed E-state index contributed by atoms with van der Waals surface area (Å²) in [5.41, 5.74) is 0.0799. The van der Waals surface area contributed by atoms with Gasteiger partial charge in [0.2, 0.25) is 0 Å². The Morgan fingerprint density at radius 2 is 2.00 bits per heavy atom. The number of morpholine rings is 1. The highest BCUT2D eigenvalue weighted by Crippen LogP contribution is 2.29. The quantitative estimate of drug-likeness (QED) is 0.903. The summed E-state index contributed by atoms with van der Waals surface area (Å²) >= 11 is 1.67. The average Bonchev–Trinajstić information content (AvgIpc) is 3.10. The maximum atomic E-state index is 13.8. The van der Waals surface area contributed by atoms with Gasteiger partial charge in [-0.3, -0.25) is 9.69 Å². The summed E-state index contributed by atoms with van der Waals surface area (Å²) < 4.78 is 19.3. The van der Waals surface area contributed by atoms with E-state index in [9.17, 15) is 9.18 Å². The van der Waals surface area contributed by atoms with Crippen molar-refractivity contribution in [3.05, 3.63) is 58.0 Å². The first-order valence-electron chi connectivity index (χ1n) is 8.07. The smallest absolute Gasteiger partial charge is 0.254 e. The van der Waals surface area contributed by atoms with E-state index < -0.39 is 5.82 Å². The van der Waals surface area contributed by atoms with Crippen LogP contribution in [0.5, 0.6) is 0 Å². The maximum absolute atomic E-state index is 13.8. The van der Waals surface area contributed by atoms with Crippen LogP contribution < -0.4 is 5.32 Å². The molecule has 3 rings (SSSR count). The Morgan fingerprint density at radius 1 is 1.25 bits per heavy atom. The molecular weight excluding hydrogens is 327 g/mol. The predicted octanol–water partition coefficient (Wildman–Crippen LogP) is 3.08. The molecule has 1 aromatic heterocycles. The van der Waals surface area contributed by atoms with E-state index in [-0.39, 0.29) is 23.6 Å². The highest BCUT2D eigenvalue weighted by molar-refractivity contribution is 7.10. The second-order valence-corrected chi connectivity index (χ2v) is 6.83. The summed E-state index contributed by atoms with van der Waals surface area (Å²) in [4.78, 5) is 16.0. The number of halogens is 1. The number of rotatable bonds is 5. The highest BCUT2D eigenvalue weighted by Gasteiger charge is 2.30. The van der Waals surface area contributed by atoms with Crippen molar-refractivity contribution in [3.63, 3.8) is 0 Å². The monoisotopic (exact) mass is 348 g/mol. The zero-order valence-electron chi connectivity index (χ0n) is 13.6. The van der Waals surface area contributed by atoms with Crippen LogP contribution in [-0.4, -0.2) is 43.2 Å². The van der Waals surface area contributed by atoms with Crippen molar-refractivity contribution >= 4 is 17.2 Å². The number of nitrogens with zero attached hydrogens (tertiary/aromatic N) is 1. The van der Waals surface area contributed by atoms with Crippen LogP contribution in [0, 0.1) is 5.82 Å². The summed E-state index contributed by atoms with van der Waals surface area (Å²) in [6.07, 6.45) is 0. The van der Waals surface area contributed by atoms with Gasteiger partial charge in [0.15, 0.2) is 0 Å². The van der Waals surface area contributed by atoms with Gasteiger partial charge in [-0.1, -0.05) is 18.2 Å². The largest absolute Gasteiger partial charge is 0.379 e. The fraction of sp³-hybridized carbons (Fsp3) is 0.389. The average molecular weight is 348 g/mol. The molecule has 1 fully saturated rings. The molecule has 1 aliphatic rings. The Kier molecular flexibility index (Phi) is 5.60. The number of hydrogen-bond donors (Lipinski definition) is 1. The van der Waals surface area contributed by atoms with Crippen LogP contribution in [0.15, 0.2) is 41.8 Å². The summed E-state index contributed by atoms with van der Waals surface area (Å²) in [6.45, 7) is 5.00. The highest BCUT2D eigenvalue weighted by atomic mass is 32.1. The van der Waals surface area contributed by atoms with Gasteiger partial charge in [-0.2, -0.15) is 0 Å². The number of hydrogen-bond acceptors (Lipinski definition) is 4. The third kappa shape index (κ3) is 3.83. The van der Waals surface area contributed by atoms with Crippen LogP contribution in [0.2, 0.25) is 0 Å². The fourth-order valence-corrected chi connectivity index (χ4v) is 4.03. The first-order chi connectivity index (χ1) is 11.7. The molecule has 2 atom stereocenters. The molecule has 0 bridgehead atoms. The summed E-state index contributed by atoms with van der Waals surface area (Å²) in [5.74, 6) is -0.878. The molecule has 0 unspecified atom stereocenters. The van der Waals surface area contributed by atoms with Gasteiger partial charge in [-0.05, 0) is 30.5 Å². The van der Waals surface area contributed by atoms with E-state index in [1.54, 1.807) is 23.5 Å². The maximum Gasteiger partial charge on any atom is 0.254 e. The number of carbonyl (C=O) groups is 1. The van der Waals surface area contributed by atoms with Crippen LogP contribution in [0.25, 0.3) is 0 Å². The lowest BCUT2D eigenvalue weighted by Gasteiger charge is -2.37. The van der Waals surface area contributed by atoms with Crippen LogP contribution in [-0.2, 0) is 4.74 Å². The first-order valence-corrected chi connectivity index (χ1v) is 8.95. The van der Waals surface area contributed by atoms with Crippen molar-refractivity contribution in [3.8, 4) is 0 Å². The molecule has 6 heteroatoms. The van der Waals surface area contributed by atoms with E-state index in [1.165, 1.54) is 17.0 Å². The minimum atomic E-state index is -0.499. The van der Waals surface area contributed by atoms with Crippen LogP contribution in [0.1, 0.15) is 28.2 Å². The van der Waals surface area contributed by atoms with E-state index in [0.717, 1.165) is 13.1 Å². The van der Waals surface area contributed by atoms with E-state index in [4.69, 9.17) is 4.74 Å². The lowest BCUT2D eigenvalue weighted by Crippen LogP contribution is -2.48. The van der Waals surface area contributed by atoms with Crippen molar-refractivity contribution in [1.82, 2.24) is 10.2 Å². The van der Waals surface area contributed by atoms with E-state index in [0.29, 0.717) is 13.2 Å². The van der Waals surface area contributed by atoms with E-state index in [1.807, 2.05) is 18.4 Å². The molecule has 0 spiro atoms. The number of amides is 1. The van der Waals surface area contributed by atoms with Crippen molar-refractivity contribution in [2.75, 3.05) is 26.3 Å². The van der Waals surface area contributed by atoms with Gasteiger partial charge in [-0.25, -0.2) is 4.39 Å². The van der Waals surface area contributed by atoms with Crippen LogP contribution >= 0.6 is 11.3 Å². The second kappa shape index (κ2) is 7.88. The van der Waals surface area contributed by atoms with Crippen molar-refractivity contribution in [1.29, 1.82) is 0 Å². The van der Waals surface area contributed by atoms with Crippen molar-refractivity contribution in [2.45, 2.75) is 19.0 Å².